The molecule has 26 nitrogen and oxygen atoms in total. The number of hydrogen-bond acceptors (Lipinski definition) is 16. The Labute approximate surface area is 851 Å². The first kappa shape index (κ1) is 116. The Morgan fingerprint density at radius 3 is 1.26 bits per heavy atom. The minimum atomic E-state index is -4.40. The molecule has 6 fully saturated rings. The number of amides is 9. The molecule has 0 unspecified atom stereocenters. The number of alkyl halides is 8. The van der Waals surface area contributed by atoms with Gasteiger partial charge in [-0.2, -0.15) is 13.2 Å². The Morgan fingerprint density at radius 2 is 0.862 bits per heavy atom. The van der Waals surface area contributed by atoms with Crippen molar-refractivity contribution in [2.45, 2.75) is 195 Å². The summed E-state index contributed by atoms with van der Waals surface area (Å²) in [6.45, 7) is 21.8. The average Bonchev–Trinajstić information content (AvgIpc) is 1.45. The summed E-state index contributed by atoms with van der Waals surface area (Å²) in [4.78, 5) is 130. The summed E-state index contributed by atoms with van der Waals surface area (Å²) in [5.41, 5.74) is 42.5. The molecule has 0 radical (unpaired) electrons. The van der Waals surface area contributed by atoms with Crippen LogP contribution in [0.4, 0.5) is 55.3 Å². The van der Waals surface area contributed by atoms with Crippen LogP contribution in [0.3, 0.4) is 0 Å². The summed E-state index contributed by atoms with van der Waals surface area (Å²) in [6, 6.07) is 45.0. The van der Waals surface area contributed by atoms with Crippen LogP contribution >= 0.6 is 23.2 Å². The van der Waals surface area contributed by atoms with Gasteiger partial charge >= 0.3 is 6.18 Å². The van der Waals surface area contributed by atoms with Gasteiger partial charge in [-0.15, -0.1) is 0 Å². The van der Waals surface area contributed by atoms with Gasteiger partial charge in [-0.25, -0.2) is 35.6 Å². The van der Waals surface area contributed by atoms with E-state index < -0.39 is 120 Å². The second kappa shape index (κ2) is 53.3. The van der Waals surface area contributed by atoms with Crippen LogP contribution in [-0.4, -0.2) is 267 Å². The van der Waals surface area contributed by atoms with E-state index in [0.717, 1.165) is 72.5 Å². The van der Waals surface area contributed by atoms with Crippen molar-refractivity contribution in [2.24, 2.45) is 40.3 Å². The van der Waals surface area contributed by atoms with E-state index in [4.69, 9.17) is 68.9 Å². The molecule has 6 aliphatic heterocycles. The molecule has 16 atom stereocenters. The number of likely N-dealkylation sites (tertiary alicyclic amines) is 6. The van der Waals surface area contributed by atoms with Gasteiger partial charge < -0.3 is 83.2 Å². The maximum atomic E-state index is 13.8. The molecule has 14 rings (SSSR count). The predicted octanol–water partition coefficient (Wildman–Crippen LogP) is 15.8. The van der Waals surface area contributed by atoms with Crippen molar-refractivity contribution in [3.05, 3.63) is 271 Å². The van der Waals surface area contributed by atoms with Crippen molar-refractivity contribution < 1.29 is 91.8 Å². The zero-order chi connectivity index (χ0) is 107. The number of halogens is 12. The quantitative estimate of drug-likeness (QED) is 0.0229. The number of carbonyl (C=O) groups excluding carboxylic acids is 9. The molecule has 12 N–H and O–H groups in total. The zero-order valence-electron chi connectivity index (χ0n) is 83.3. The predicted molar refractivity (Wildman–Crippen MR) is 540 cm³/mol. The fraction of sp³-hybridized carbons (Fsp3) is 0.458. The summed E-state index contributed by atoms with van der Waals surface area (Å²) in [5, 5.41) is 0.887. The number of hydrogen-bond donors (Lipinski definition) is 6. The van der Waals surface area contributed by atoms with Crippen molar-refractivity contribution in [3.63, 3.8) is 0 Å². The highest BCUT2D eigenvalue weighted by Crippen LogP contribution is 2.37. The number of anilines is 1. The lowest BCUT2D eigenvalue weighted by molar-refractivity contribution is -0.138. The van der Waals surface area contributed by atoms with Gasteiger partial charge in [0.25, 0.3) is 11.8 Å². The Kier molecular flexibility index (Phi) is 42.8. The van der Waals surface area contributed by atoms with Crippen molar-refractivity contribution in [1.29, 1.82) is 0 Å². The molecule has 6 saturated heterocycles. The van der Waals surface area contributed by atoms with E-state index in [1.54, 1.807) is 188 Å². The maximum absolute atomic E-state index is 13.8. The molecular weight excluding hydrogens is 1930 g/mol. The Hall–Kier alpha value is -12.1. The first-order chi connectivity index (χ1) is 68.4. The number of benzene rings is 8. The van der Waals surface area contributed by atoms with Gasteiger partial charge in [-0.05, 0) is 188 Å². The maximum Gasteiger partial charge on any atom is 0.416 e. The van der Waals surface area contributed by atoms with Crippen LogP contribution in [0.15, 0.2) is 188 Å². The highest BCUT2D eigenvalue weighted by Gasteiger charge is 2.45. The van der Waals surface area contributed by atoms with Crippen LogP contribution in [0.2, 0.25) is 10.0 Å². The van der Waals surface area contributed by atoms with E-state index in [0.29, 0.717) is 107 Å². The molecule has 6 heterocycles. The highest BCUT2D eigenvalue weighted by molar-refractivity contribution is 6.31. The first-order valence-electron chi connectivity index (χ1n) is 48.2. The number of aryl methyl sites for hydroxylation is 1. The molecule has 9 amide bonds. The van der Waals surface area contributed by atoms with Crippen molar-refractivity contribution in [2.75, 3.05) is 119 Å². The molecule has 38 heteroatoms. The largest absolute Gasteiger partial charge is 0.457 e. The molecule has 0 saturated carbocycles. The van der Waals surface area contributed by atoms with Crippen LogP contribution in [-0.2, 0) is 44.5 Å². The molecule has 0 bridgehead atoms. The summed E-state index contributed by atoms with van der Waals surface area (Å²) < 4.78 is 136. The molecular formula is C107H132Cl2F10N16O10. The number of nitrogens with zero attached hydrogens (tertiary/aromatic N) is 10. The molecule has 784 valence electrons. The fourth-order valence-electron chi connectivity index (χ4n) is 17.7. The molecule has 0 aromatic heterocycles. The lowest BCUT2D eigenvalue weighted by Crippen LogP contribution is -2.50. The topological polar surface area (TPSA) is 353 Å². The number of rotatable bonds is 25. The van der Waals surface area contributed by atoms with E-state index in [-0.39, 0.29) is 103 Å². The molecule has 0 spiro atoms. The fourth-order valence-corrected chi connectivity index (χ4v) is 18.0. The third kappa shape index (κ3) is 32.2. The molecule has 8 aromatic carbocycles. The van der Waals surface area contributed by atoms with Crippen LogP contribution in [0, 0.1) is 31.0 Å². The zero-order valence-corrected chi connectivity index (χ0v) is 84.8. The Balaban J connectivity index is 0.000000196. The number of nitrogens with two attached hydrogens (primary N) is 6. The van der Waals surface area contributed by atoms with Crippen molar-refractivity contribution >= 4 is 87.7 Å². The second-order valence-electron chi connectivity index (χ2n) is 38.0. The number of ether oxygens (including phenoxy) is 1. The number of likely N-dealkylation sites (N-methyl/N-ethyl adjacent to an activating group) is 2. The smallest absolute Gasteiger partial charge is 0.416 e. The summed E-state index contributed by atoms with van der Waals surface area (Å²) in [7, 11) is 8.20. The lowest BCUT2D eigenvalue weighted by Gasteiger charge is -2.29. The molecule has 6 aliphatic rings. The first-order valence-corrected chi connectivity index (χ1v) is 49.0. The minimum Gasteiger partial charge on any atom is -0.457 e. The SMILES string of the molecule is CC[C@@H](c1ccc(F)cc1)[C@H](N)C(=O)N1CCCC1.C[C@@H](c1ccc(C(F)(F)F)cc1)[C@H](N)C(=O)N1CC[C@H](F)C1.C[C@@H](c1ccc(Cl)cc1)[C@H](N)C(=O)N1CCC(F)(F)C1.C[C@@H](c1ccc(Cl)cc1F)[C@H](N)C(=O)N1CC[C@H](F)C1.Cc1ccc(C(=O)N(C)c2ccc([C@H](C(=O)N(C)C)[C@H](N)C(=O)N3CC[C@H](F)C3)cc2)cc1.[C-]#[N+]c1ccc(Oc2ccc([C@H](C(=O)N(C)C)[C@H](N)C(=O)N3CC[C@H](C)C3)cc2)cc1. The summed E-state index contributed by atoms with van der Waals surface area (Å²) >= 11 is 11.5. The van der Waals surface area contributed by atoms with Gasteiger partial charge in [0.05, 0.1) is 74.3 Å². The van der Waals surface area contributed by atoms with Gasteiger partial charge in [0, 0.05) is 139 Å². The molecule has 0 aliphatic carbocycles. The van der Waals surface area contributed by atoms with Crippen molar-refractivity contribution in [3.8, 4) is 11.5 Å². The van der Waals surface area contributed by atoms with E-state index in [1.165, 1.54) is 65.8 Å². The Bertz CT molecular complexity index is 5680. The second-order valence-corrected chi connectivity index (χ2v) is 38.9. The Morgan fingerprint density at radius 1 is 0.469 bits per heavy atom. The van der Waals surface area contributed by atoms with Gasteiger partial charge in [-0.1, -0.05) is 154 Å². The average molecular weight is 2060 g/mol. The van der Waals surface area contributed by atoms with Crippen molar-refractivity contribution in [1.82, 2.24) is 39.2 Å². The lowest BCUT2D eigenvalue weighted by atomic mass is 9.89. The van der Waals surface area contributed by atoms with Crippen LogP contribution in [0.5, 0.6) is 11.5 Å². The van der Waals surface area contributed by atoms with Gasteiger partial charge in [0.1, 0.15) is 53.7 Å². The standard InChI is InChI=1S/C25H31FN4O3.C24H28N4O3.C15H18F4N2O.C15H21FN2O.2C14H17ClF2N2O/c1-16-5-7-18(8-6-16)23(31)29(4)20-11-9-17(10-12-20)21(24(32)28(2)3)22(27)25(33)30-14-13-19(26)15-30;1-16-13-14-28(15-16)24(30)22(25)21(23(29)27(3)4)17-5-9-19(10-6-17)31-20-11-7-18(26-2)8-12-20;1-9(10-2-4-11(5-3-10)15(17,18)19)13(20)14(22)21-7-6-12(16)8-21;1-2-13(11-5-7-12(16)8-6-11)14(17)15(19)18-9-3-4-10-18;1-9(10-2-4-11(15)5-3-10)12(18)13(20)19-7-6-14(16,17)8-19;1-8(11-3-2-9(15)6-12(11)17)13(18)14(20)19-5-4-10(16)7-19/h5-12,19,21-22H,13-15,27H2,1-4H3;5-12,16,21-22H,13-15,25H2,1,3-4H3;2-5,9,12-13H,6-8,20H2,1H3;5-8,13-14H,2-4,9-10,17H2,1H3;2-5,9,12H,6-8,18H2,1H3;2-3,6,8,10,13H,4-5,7,18H2,1H3/t19-,21-,22-;16-,21-,22-;9-,12-,13-;13-,14-;9-,12-;8-,10-,13-/m000000/s1. The van der Waals surface area contributed by atoms with E-state index >= 15 is 0 Å². The van der Waals surface area contributed by atoms with Gasteiger partial charge in [0.15, 0.2) is 5.69 Å². The normalized spacial score (nSPS) is 19.3. The highest BCUT2D eigenvalue weighted by atomic mass is 35.5. The van der Waals surface area contributed by atoms with Gasteiger partial charge in [-0.3, -0.25) is 43.2 Å². The van der Waals surface area contributed by atoms with E-state index in [2.05, 4.69) is 11.8 Å². The molecule has 8 aromatic rings. The van der Waals surface area contributed by atoms with Crippen LogP contribution in [0.1, 0.15) is 176 Å². The van der Waals surface area contributed by atoms with E-state index in [1.807, 2.05) is 30.9 Å². The number of carbonyl (C=O) groups is 9. The summed E-state index contributed by atoms with van der Waals surface area (Å²) in [5.74, 6) is -7.29. The van der Waals surface area contributed by atoms with Gasteiger partial charge in [0.2, 0.25) is 47.3 Å². The minimum absolute atomic E-state index is 0.000261. The van der Waals surface area contributed by atoms with Crippen LogP contribution < -0.4 is 44.0 Å². The third-order valence-corrected chi connectivity index (χ3v) is 27.4. The summed E-state index contributed by atoms with van der Waals surface area (Å²) in [6.07, 6.45) is -3.02. The molecule has 145 heavy (non-hydrogen) atoms. The monoisotopic (exact) mass is 2060 g/mol. The van der Waals surface area contributed by atoms with E-state index in [9.17, 15) is 87.1 Å². The third-order valence-electron chi connectivity index (χ3n) is 26.9. The van der Waals surface area contributed by atoms with Crippen LogP contribution in [0.25, 0.3) is 4.85 Å².